The highest BCUT2D eigenvalue weighted by atomic mass is 19.4. The minimum Gasteiger partial charge on any atom is -0.316 e. The third kappa shape index (κ3) is 3.39. The fraction of sp³-hybridized carbons (Fsp3) is 0.444. The molecule has 1 N–H and O–H groups in total. The van der Waals surface area contributed by atoms with Gasteiger partial charge in [0.1, 0.15) is 0 Å². The zero-order valence-corrected chi connectivity index (χ0v) is 8.30. The number of halogens is 3. The summed E-state index contributed by atoms with van der Waals surface area (Å²) in [7, 11) is 1.75. The number of hydrogen-bond donors (Lipinski definition) is 1. The van der Waals surface area contributed by atoms with Gasteiger partial charge in [-0.1, -0.05) is 6.58 Å². The van der Waals surface area contributed by atoms with Gasteiger partial charge in [-0.3, -0.25) is 4.68 Å². The second kappa shape index (κ2) is 4.48. The molecular weight excluding hydrogens is 207 g/mol. The summed E-state index contributed by atoms with van der Waals surface area (Å²) in [6.07, 6.45) is -2.55. The van der Waals surface area contributed by atoms with Gasteiger partial charge in [0.25, 0.3) is 0 Å². The fourth-order valence-corrected chi connectivity index (χ4v) is 1.13. The first-order valence-corrected chi connectivity index (χ1v) is 4.34. The molecule has 1 aromatic rings. The molecule has 6 heteroatoms. The van der Waals surface area contributed by atoms with E-state index in [9.17, 15) is 13.2 Å². The van der Waals surface area contributed by atoms with Gasteiger partial charge in [-0.05, 0) is 12.6 Å². The zero-order valence-electron chi connectivity index (χ0n) is 8.30. The molecule has 15 heavy (non-hydrogen) atoms. The van der Waals surface area contributed by atoms with Gasteiger partial charge in [0, 0.05) is 12.7 Å². The molecule has 0 aromatic carbocycles. The molecule has 1 heterocycles. The molecule has 84 valence electrons. The van der Waals surface area contributed by atoms with Gasteiger partial charge in [0.05, 0.1) is 18.3 Å². The molecule has 0 amide bonds. The second-order valence-corrected chi connectivity index (χ2v) is 3.20. The van der Waals surface area contributed by atoms with Gasteiger partial charge < -0.3 is 5.32 Å². The van der Waals surface area contributed by atoms with Crippen molar-refractivity contribution in [1.82, 2.24) is 15.1 Å². The number of alkyl halides is 3. The van der Waals surface area contributed by atoms with Crippen molar-refractivity contribution < 1.29 is 13.2 Å². The average Bonchev–Trinajstić information content (AvgIpc) is 2.52. The lowest BCUT2D eigenvalue weighted by Gasteiger charge is -2.04. The standard InChI is InChI=1S/C9H12F3N3/c1-7(3-13-2)5-15-6-8(4-14-15)9(10,11)12/h4,6,13H,1,3,5H2,2H3. The molecule has 0 saturated heterocycles. The van der Waals surface area contributed by atoms with E-state index in [1.54, 1.807) is 7.05 Å². The Hall–Kier alpha value is -1.30. The second-order valence-electron chi connectivity index (χ2n) is 3.20. The number of nitrogens with zero attached hydrogens (tertiary/aromatic N) is 2. The first-order chi connectivity index (χ1) is 6.93. The molecule has 1 rings (SSSR count). The maximum absolute atomic E-state index is 12.2. The summed E-state index contributed by atoms with van der Waals surface area (Å²) < 4.78 is 37.8. The van der Waals surface area contributed by atoms with E-state index in [0.717, 1.165) is 18.0 Å². The Balaban J connectivity index is 2.65. The Morgan fingerprint density at radius 3 is 2.73 bits per heavy atom. The zero-order chi connectivity index (χ0) is 11.5. The van der Waals surface area contributed by atoms with E-state index in [0.29, 0.717) is 6.54 Å². The molecule has 0 fully saturated rings. The van der Waals surface area contributed by atoms with Crippen molar-refractivity contribution in [3.63, 3.8) is 0 Å². The van der Waals surface area contributed by atoms with Crippen LogP contribution in [-0.4, -0.2) is 23.4 Å². The fourth-order valence-electron chi connectivity index (χ4n) is 1.13. The monoisotopic (exact) mass is 219 g/mol. The minimum absolute atomic E-state index is 0.289. The highest BCUT2D eigenvalue weighted by Crippen LogP contribution is 2.28. The van der Waals surface area contributed by atoms with Gasteiger partial charge in [-0.2, -0.15) is 18.3 Å². The van der Waals surface area contributed by atoms with E-state index in [1.165, 1.54) is 4.68 Å². The number of aromatic nitrogens is 2. The Labute approximate surface area is 85.6 Å². The molecular formula is C9H12F3N3. The maximum Gasteiger partial charge on any atom is 0.419 e. The van der Waals surface area contributed by atoms with Crippen LogP contribution in [0.2, 0.25) is 0 Å². The van der Waals surface area contributed by atoms with E-state index in [4.69, 9.17) is 0 Å². The number of rotatable bonds is 4. The van der Waals surface area contributed by atoms with E-state index in [2.05, 4.69) is 17.0 Å². The van der Waals surface area contributed by atoms with Crippen LogP contribution < -0.4 is 5.32 Å². The SMILES string of the molecule is C=C(CNC)Cn1cc(C(F)(F)F)cn1. The normalized spacial score (nSPS) is 11.7. The third-order valence-electron chi connectivity index (χ3n) is 1.77. The largest absolute Gasteiger partial charge is 0.419 e. The minimum atomic E-state index is -4.33. The van der Waals surface area contributed by atoms with Crippen LogP contribution in [0.15, 0.2) is 24.5 Å². The molecule has 0 radical (unpaired) electrons. The lowest BCUT2D eigenvalue weighted by molar-refractivity contribution is -0.137. The van der Waals surface area contributed by atoms with Crippen molar-refractivity contribution in [3.05, 3.63) is 30.1 Å². The molecule has 0 spiro atoms. The predicted molar refractivity (Wildman–Crippen MR) is 50.3 cm³/mol. The van der Waals surface area contributed by atoms with Crippen molar-refractivity contribution in [2.75, 3.05) is 13.6 Å². The summed E-state index contributed by atoms with van der Waals surface area (Å²) in [6.45, 7) is 4.55. The summed E-state index contributed by atoms with van der Waals surface area (Å²) in [5, 5.41) is 6.47. The molecule has 0 aliphatic rings. The first kappa shape index (κ1) is 11.8. The Kier molecular flexibility index (Phi) is 3.52. The van der Waals surface area contributed by atoms with Gasteiger partial charge >= 0.3 is 6.18 Å². The molecule has 3 nitrogen and oxygen atoms in total. The molecule has 0 aliphatic carbocycles. The Morgan fingerprint density at radius 1 is 1.60 bits per heavy atom. The van der Waals surface area contributed by atoms with Gasteiger partial charge in [-0.15, -0.1) is 0 Å². The first-order valence-electron chi connectivity index (χ1n) is 4.34. The number of likely N-dealkylation sites (N-methyl/N-ethyl adjacent to an activating group) is 1. The summed E-state index contributed by atoms with van der Waals surface area (Å²) in [5.41, 5.74) is 0.0362. The summed E-state index contributed by atoms with van der Waals surface area (Å²) in [5.74, 6) is 0. The smallest absolute Gasteiger partial charge is 0.316 e. The van der Waals surface area contributed by atoms with Gasteiger partial charge in [0.15, 0.2) is 0 Å². The van der Waals surface area contributed by atoms with Crippen LogP contribution in [0.1, 0.15) is 5.56 Å². The average molecular weight is 219 g/mol. The van der Waals surface area contributed by atoms with Crippen LogP contribution in [-0.2, 0) is 12.7 Å². The topological polar surface area (TPSA) is 29.9 Å². The molecule has 0 saturated carbocycles. The molecule has 0 aliphatic heterocycles. The van der Waals surface area contributed by atoms with Crippen LogP contribution in [0.3, 0.4) is 0 Å². The Bertz CT molecular complexity index is 341. The third-order valence-corrected chi connectivity index (χ3v) is 1.77. The van der Waals surface area contributed by atoms with Crippen LogP contribution >= 0.6 is 0 Å². The lowest BCUT2D eigenvalue weighted by atomic mass is 10.3. The van der Waals surface area contributed by atoms with Crippen LogP contribution in [0, 0.1) is 0 Å². The quantitative estimate of drug-likeness (QED) is 0.781. The Morgan fingerprint density at radius 2 is 2.27 bits per heavy atom. The maximum atomic E-state index is 12.2. The molecule has 0 atom stereocenters. The number of nitrogens with one attached hydrogen (secondary N) is 1. The van der Waals surface area contributed by atoms with Crippen LogP contribution in [0.5, 0.6) is 0 Å². The van der Waals surface area contributed by atoms with Gasteiger partial charge in [0.2, 0.25) is 0 Å². The highest BCUT2D eigenvalue weighted by Gasteiger charge is 2.32. The van der Waals surface area contributed by atoms with Crippen molar-refractivity contribution >= 4 is 0 Å². The van der Waals surface area contributed by atoms with Crippen molar-refractivity contribution in [2.45, 2.75) is 12.7 Å². The van der Waals surface area contributed by atoms with Crippen LogP contribution in [0.25, 0.3) is 0 Å². The van der Waals surface area contributed by atoms with Crippen molar-refractivity contribution in [1.29, 1.82) is 0 Å². The lowest BCUT2D eigenvalue weighted by Crippen LogP contribution is -2.14. The summed E-state index contributed by atoms with van der Waals surface area (Å²) in [6, 6.07) is 0. The van der Waals surface area contributed by atoms with E-state index < -0.39 is 11.7 Å². The van der Waals surface area contributed by atoms with E-state index >= 15 is 0 Å². The predicted octanol–water partition coefficient (Wildman–Crippen LogP) is 1.68. The van der Waals surface area contributed by atoms with Crippen molar-refractivity contribution in [3.8, 4) is 0 Å². The van der Waals surface area contributed by atoms with E-state index in [-0.39, 0.29) is 6.54 Å². The van der Waals surface area contributed by atoms with Crippen LogP contribution in [0.4, 0.5) is 13.2 Å². The van der Waals surface area contributed by atoms with Crippen molar-refractivity contribution in [2.24, 2.45) is 0 Å². The molecule has 0 bridgehead atoms. The molecule has 0 unspecified atom stereocenters. The summed E-state index contributed by atoms with van der Waals surface area (Å²) >= 11 is 0. The molecule has 1 aromatic heterocycles. The van der Waals surface area contributed by atoms with E-state index in [1.807, 2.05) is 0 Å². The highest BCUT2D eigenvalue weighted by molar-refractivity contribution is 5.09. The number of hydrogen-bond acceptors (Lipinski definition) is 2. The van der Waals surface area contributed by atoms with Gasteiger partial charge in [-0.25, -0.2) is 0 Å². The summed E-state index contributed by atoms with van der Waals surface area (Å²) in [4.78, 5) is 0.